The van der Waals surface area contributed by atoms with Crippen LogP contribution in [0.1, 0.15) is 0 Å². The van der Waals surface area contributed by atoms with Crippen LogP contribution < -0.4 is 17.2 Å². The molecule has 0 saturated heterocycles. The van der Waals surface area contributed by atoms with Crippen molar-refractivity contribution >= 4 is 49.4 Å². The first-order valence-corrected chi connectivity index (χ1v) is 13.1. The molecular weight excluding hydrogens is 474 g/mol. The molecule has 7 aromatic carbocycles. The highest BCUT2D eigenvalue weighted by molar-refractivity contribution is 6.18. The van der Waals surface area contributed by atoms with Crippen LogP contribution in [0, 0.1) is 0 Å². The predicted molar refractivity (Wildman–Crippen MR) is 169 cm³/mol. The summed E-state index contributed by atoms with van der Waals surface area (Å²) >= 11 is 0. The minimum Gasteiger partial charge on any atom is -0.398 e. The van der Waals surface area contributed by atoms with Crippen LogP contribution in [0.5, 0.6) is 0 Å². The molecule has 0 aliphatic rings. The van der Waals surface area contributed by atoms with E-state index >= 15 is 0 Å². The first-order chi connectivity index (χ1) is 19.1. The van der Waals surface area contributed by atoms with E-state index in [1.165, 1.54) is 0 Å². The molecule has 3 heteroatoms. The van der Waals surface area contributed by atoms with Crippen molar-refractivity contribution in [1.29, 1.82) is 0 Å². The Bertz CT molecular complexity index is 1780. The van der Waals surface area contributed by atoms with E-state index in [1.54, 1.807) is 0 Å². The maximum absolute atomic E-state index is 7.13. The van der Waals surface area contributed by atoms with E-state index in [9.17, 15) is 0 Å². The zero-order chi connectivity index (χ0) is 26.5. The number of nitrogen functional groups attached to an aromatic ring is 3. The molecule has 7 rings (SSSR count). The van der Waals surface area contributed by atoms with Gasteiger partial charge in [-0.05, 0) is 49.0 Å². The van der Waals surface area contributed by atoms with Gasteiger partial charge >= 0.3 is 0 Å². The second kappa shape index (κ2) is 8.93. The van der Waals surface area contributed by atoms with Crippen LogP contribution in [-0.2, 0) is 0 Å². The monoisotopic (exact) mass is 501 g/mol. The van der Waals surface area contributed by atoms with Crippen molar-refractivity contribution in [3.05, 3.63) is 127 Å². The fourth-order valence-corrected chi connectivity index (χ4v) is 6.01. The van der Waals surface area contributed by atoms with Crippen LogP contribution in [0.15, 0.2) is 127 Å². The Hall–Kier alpha value is -5.28. The van der Waals surface area contributed by atoms with Crippen LogP contribution >= 0.6 is 0 Å². The van der Waals surface area contributed by atoms with E-state index in [0.29, 0.717) is 17.1 Å². The summed E-state index contributed by atoms with van der Waals surface area (Å²) in [5.41, 5.74) is 28.6. The van der Waals surface area contributed by atoms with Gasteiger partial charge in [0.15, 0.2) is 0 Å². The highest BCUT2D eigenvalue weighted by atomic mass is 14.7. The zero-order valence-electron chi connectivity index (χ0n) is 21.4. The third kappa shape index (κ3) is 3.52. The molecule has 0 aliphatic heterocycles. The molecular formula is C36H27N3. The number of nitrogens with two attached hydrogens (primary N) is 3. The van der Waals surface area contributed by atoms with Gasteiger partial charge in [-0.2, -0.15) is 0 Å². The van der Waals surface area contributed by atoms with Crippen molar-refractivity contribution in [2.75, 3.05) is 17.2 Å². The molecule has 0 aromatic heterocycles. The molecule has 7 aromatic rings. The maximum atomic E-state index is 7.13. The molecule has 0 aliphatic carbocycles. The maximum Gasteiger partial charge on any atom is 0.0516 e. The van der Waals surface area contributed by atoms with Gasteiger partial charge in [0.1, 0.15) is 0 Å². The van der Waals surface area contributed by atoms with Crippen LogP contribution in [-0.4, -0.2) is 0 Å². The molecule has 0 spiro atoms. The van der Waals surface area contributed by atoms with Crippen LogP contribution in [0.25, 0.3) is 65.7 Å². The third-order valence-electron chi connectivity index (χ3n) is 7.79. The van der Waals surface area contributed by atoms with Gasteiger partial charge in [0.25, 0.3) is 0 Å². The highest BCUT2D eigenvalue weighted by Gasteiger charge is 2.25. The van der Waals surface area contributed by atoms with Gasteiger partial charge in [0.05, 0.1) is 17.1 Å². The molecule has 3 nitrogen and oxygen atoms in total. The Kier molecular flexibility index (Phi) is 5.24. The fraction of sp³-hybridized carbons (Fsp3) is 0. The van der Waals surface area contributed by atoms with E-state index in [1.807, 2.05) is 36.4 Å². The average molecular weight is 502 g/mol. The Balaban J connectivity index is 1.67. The standard InChI is InChI=1S/C36H27N3/c37-34-31(28-19-7-13-22-10-1-4-16-25(22)28)35(38)33(30-21-9-15-24-12-3-6-18-27(24)30)36(39)32(34)29-20-8-14-23-11-2-5-17-26(23)29/h1-21H,37-39H2. The van der Waals surface area contributed by atoms with Gasteiger partial charge in [0.2, 0.25) is 0 Å². The number of fused-ring (bicyclic) bond motifs is 3. The number of anilines is 3. The Morgan fingerprint density at radius 3 is 0.846 bits per heavy atom. The number of hydrogen-bond donors (Lipinski definition) is 3. The summed E-state index contributed by atoms with van der Waals surface area (Å²) in [6.07, 6.45) is 0. The summed E-state index contributed by atoms with van der Waals surface area (Å²) in [7, 11) is 0. The first kappa shape index (κ1) is 22.9. The van der Waals surface area contributed by atoms with Gasteiger partial charge in [-0.25, -0.2) is 0 Å². The van der Waals surface area contributed by atoms with Crippen molar-refractivity contribution < 1.29 is 0 Å². The summed E-state index contributed by atoms with van der Waals surface area (Å²) in [6.45, 7) is 0. The summed E-state index contributed by atoms with van der Waals surface area (Å²) in [5.74, 6) is 0. The molecule has 0 heterocycles. The summed E-state index contributed by atoms with van der Waals surface area (Å²) in [6, 6.07) is 43.8. The smallest absolute Gasteiger partial charge is 0.0516 e. The average Bonchev–Trinajstić information content (AvgIpc) is 2.97. The van der Waals surface area contributed by atoms with E-state index < -0.39 is 0 Å². The molecule has 186 valence electrons. The largest absolute Gasteiger partial charge is 0.398 e. The number of rotatable bonds is 3. The second-order valence-corrected chi connectivity index (χ2v) is 9.95. The van der Waals surface area contributed by atoms with Crippen molar-refractivity contribution in [3.8, 4) is 33.4 Å². The molecule has 0 amide bonds. The van der Waals surface area contributed by atoms with Gasteiger partial charge in [0, 0.05) is 16.7 Å². The lowest BCUT2D eigenvalue weighted by Crippen LogP contribution is -2.07. The Labute approximate surface area is 227 Å². The van der Waals surface area contributed by atoms with E-state index in [-0.39, 0.29) is 0 Å². The Morgan fingerprint density at radius 1 is 0.282 bits per heavy atom. The van der Waals surface area contributed by atoms with Crippen molar-refractivity contribution in [1.82, 2.24) is 0 Å². The predicted octanol–water partition coefficient (Wildman–Crippen LogP) is 8.89. The van der Waals surface area contributed by atoms with Crippen LogP contribution in [0.4, 0.5) is 17.1 Å². The lowest BCUT2D eigenvalue weighted by molar-refractivity contribution is 1.58. The SMILES string of the molecule is Nc1c(-c2cccc3ccccc23)c(N)c(-c2cccc3ccccc23)c(N)c1-c1cccc2ccccc12. The second-order valence-electron chi connectivity index (χ2n) is 9.95. The summed E-state index contributed by atoms with van der Waals surface area (Å²) in [5, 5.41) is 6.67. The molecule has 39 heavy (non-hydrogen) atoms. The third-order valence-corrected chi connectivity index (χ3v) is 7.79. The van der Waals surface area contributed by atoms with E-state index in [4.69, 9.17) is 17.2 Å². The van der Waals surface area contributed by atoms with Crippen LogP contribution in [0.2, 0.25) is 0 Å². The molecule has 0 bridgehead atoms. The highest BCUT2D eigenvalue weighted by Crippen LogP contribution is 2.52. The van der Waals surface area contributed by atoms with Crippen molar-refractivity contribution in [2.24, 2.45) is 0 Å². The minimum absolute atomic E-state index is 0.585. The zero-order valence-corrected chi connectivity index (χ0v) is 21.4. The minimum atomic E-state index is 0.585. The molecule has 0 fully saturated rings. The van der Waals surface area contributed by atoms with E-state index in [0.717, 1.165) is 65.7 Å². The molecule has 0 radical (unpaired) electrons. The van der Waals surface area contributed by atoms with Gasteiger partial charge in [-0.3, -0.25) is 0 Å². The van der Waals surface area contributed by atoms with E-state index in [2.05, 4.69) is 91.0 Å². The fourth-order valence-electron chi connectivity index (χ4n) is 6.01. The quantitative estimate of drug-likeness (QED) is 0.212. The van der Waals surface area contributed by atoms with Crippen LogP contribution in [0.3, 0.4) is 0 Å². The molecule has 0 atom stereocenters. The lowest BCUT2D eigenvalue weighted by atomic mass is 9.84. The molecule has 0 saturated carbocycles. The van der Waals surface area contributed by atoms with Crippen molar-refractivity contribution in [2.45, 2.75) is 0 Å². The van der Waals surface area contributed by atoms with Gasteiger partial charge in [-0.1, -0.05) is 127 Å². The topological polar surface area (TPSA) is 78.1 Å². The molecule has 0 unspecified atom stereocenters. The van der Waals surface area contributed by atoms with Gasteiger partial charge < -0.3 is 17.2 Å². The normalized spacial score (nSPS) is 11.4. The lowest BCUT2D eigenvalue weighted by Gasteiger charge is -2.24. The first-order valence-electron chi connectivity index (χ1n) is 13.1. The molecule has 6 N–H and O–H groups in total. The van der Waals surface area contributed by atoms with Gasteiger partial charge in [-0.15, -0.1) is 0 Å². The van der Waals surface area contributed by atoms with Crippen molar-refractivity contribution in [3.63, 3.8) is 0 Å². The Morgan fingerprint density at radius 2 is 0.538 bits per heavy atom. The summed E-state index contributed by atoms with van der Waals surface area (Å²) in [4.78, 5) is 0. The number of hydrogen-bond acceptors (Lipinski definition) is 3. The summed E-state index contributed by atoms with van der Waals surface area (Å²) < 4.78 is 0. The number of benzene rings is 7.